The molecule has 186 valence electrons. The molecule has 1 aromatic rings. The number of likely N-dealkylation sites (tertiary alicyclic amines) is 1. The highest BCUT2D eigenvalue weighted by molar-refractivity contribution is 6.30. The van der Waals surface area contributed by atoms with E-state index in [0.717, 1.165) is 50.2 Å². The van der Waals surface area contributed by atoms with Crippen LogP contribution in [0.4, 0.5) is 18.9 Å². The minimum Gasteiger partial charge on any atom is -0.372 e. The van der Waals surface area contributed by atoms with Crippen LogP contribution in [0, 0.1) is 5.92 Å². The van der Waals surface area contributed by atoms with Crippen LogP contribution in [-0.4, -0.2) is 61.0 Å². The number of piperidine rings is 2. The molecule has 0 spiro atoms. The second-order valence-electron chi connectivity index (χ2n) is 9.49. The van der Waals surface area contributed by atoms with Crippen LogP contribution in [0.1, 0.15) is 44.9 Å². The Morgan fingerprint density at radius 1 is 1.06 bits per heavy atom. The molecule has 9 heteroatoms. The van der Waals surface area contributed by atoms with Crippen molar-refractivity contribution in [1.82, 2.24) is 10.2 Å². The Labute approximate surface area is 204 Å². The van der Waals surface area contributed by atoms with Crippen molar-refractivity contribution >= 4 is 28.9 Å². The largest absolute Gasteiger partial charge is 0.429 e. The van der Waals surface area contributed by atoms with Crippen LogP contribution in [0.15, 0.2) is 41.5 Å². The van der Waals surface area contributed by atoms with Crippen molar-refractivity contribution in [3.63, 3.8) is 0 Å². The summed E-state index contributed by atoms with van der Waals surface area (Å²) in [5.74, 6) is 0.761. The third-order valence-electron chi connectivity index (χ3n) is 7.16. The van der Waals surface area contributed by atoms with E-state index < -0.39 is 11.9 Å². The zero-order valence-electron chi connectivity index (χ0n) is 19.2. The van der Waals surface area contributed by atoms with Crippen molar-refractivity contribution in [2.24, 2.45) is 10.9 Å². The van der Waals surface area contributed by atoms with Gasteiger partial charge in [-0.15, -0.1) is 0 Å². The summed E-state index contributed by atoms with van der Waals surface area (Å²) in [6.45, 7) is 3.30. The highest BCUT2D eigenvalue weighted by Gasteiger charge is 2.37. The molecule has 0 aliphatic carbocycles. The third kappa shape index (κ3) is 6.75. The summed E-state index contributed by atoms with van der Waals surface area (Å²) in [6.07, 6.45) is 3.57. The van der Waals surface area contributed by atoms with Gasteiger partial charge in [0.2, 0.25) is 5.91 Å². The number of hydrogen-bond donors (Lipinski definition) is 1. The van der Waals surface area contributed by atoms with E-state index in [9.17, 15) is 18.0 Å². The first-order chi connectivity index (χ1) is 16.3. The second-order valence-corrected chi connectivity index (χ2v) is 9.93. The predicted molar refractivity (Wildman–Crippen MR) is 129 cm³/mol. The van der Waals surface area contributed by atoms with Crippen molar-refractivity contribution in [1.29, 1.82) is 0 Å². The molecule has 5 nitrogen and oxygen atoms in total. The van der Waals surface area contributed by atoms with Crippen LogP contribution in [0.3, 0.4) is 0 Å². The van der Waals surface area contributed by atoms with Gasteiger partial charge in [0.15, 0.2) is 0 Å². The predicted octanol–water partition coefficient (Wildman–Crippen LogP) is 5.21. The van der Waals surface area contributed by atoms with Gasteiger partial charge in [-0.05, 0) is 68.4 Å². The first-order valence-electron chi connectivity index (χ1n) is 12.1. The number of nitrogens with zero attached hydrogens (tertiary/aromatic N) is 3. The first-order valence-corrected chi connectivity index (χ1v) is 12.5. The molecule has 1 N–H and O–H groups in total. The van der Waals surface area contributed by atoms with Crippen LogP contribution < -0.4 is 10.2 Å². The number of alkyl halides is 3. The van der Waals surface area contributed by atoms with Crippen LogP contribution >= 0.6 is 11.6 Å². The molecular formula is C25H32ClF3N4O. The fourth-order valence-corrected chi connectivity index (χ4v) is 5.21. The van der Waals surface area contributed by atoms with E-state index in [2.05, 4.69) is 27.3 Å². The van der Waals surface area contributed by atoms with Gasteiger partial charge >= 0.3 is 6.18 Å². The molecule has 3 heterocycles. The van der Waals surface area contributed by atoms with E-state index in [0.29, 0.717) is 25.4 Å². The standard InChI is InChI=1S/C25H32ClF3N4O/c26-19-2-4-22(5-3-19)32-13-8-18(9-14-32)1-6-24(34)33-15-10-20(11-16-33)31-21-7-12-30-23(17-21)25(27,28)29/h2-5,7,12,18,20-21,31H,1,6,8-11,13-17H2. The average Bonchev–Trinajstić information content (AvgIpc) is 2.83. The average molecular weight is 497 g/mol. The van der Waals surface area contributed by atoms with Gasteiger partial charge in [0.25, 0.3) is 0 Å². The van der Waals surface area contributed by atoms with Crippen LogP contribution in [0.2, 0.25) is 5.02 Å². The van der Waals surface area contributed by atoms with Gasteiger partial charge in [-0.1, -0.05) is 11.6 Å². The van der Waals surface area contributed by atoms with Crippen LogP contribution in [0.25, 0.3) is 0 Å². The summed E-state index contributed by atoms with van der Waals surface area (Å²) in [5, 5.41) is 4.05. The normalized spacial score (nSPS) is 22.7. The van der Waals surface area contributed by atoms with Gasteiger partial charge in [-0.25, -0.2) is 0 Å². The molecule has 34 heavy (non-hydrogen) atoms. The number of aliphatic imine (C=N–C) groups is 1. The van der Waals surface area contributed by atoms with E-state index in [1.54, 1.807) is 6.08 Å². The summed E-state index contributed by atoms with van der Waals surface area (Å²) < 4.78 is 38.7. The lowest BCUT2D eigenvalue weighted by molar-refractivity contribution is -0.132. The minimum atomic E-state index is -4.38. The number of nitrogens with one attached hydrogen (secondary N) is 1. The van der Waals surface area contributed by atoms with E-state index in [1.807, 2.05) is 17.0 Å². The smallest absolute Gasteiger partial charge is 0.372 e. The molecule has 0 bridgehead atoms. The lowest BCUT2D eigenvalue weighted by atomic mass is 9.91. The fourth-order valence-electron chi connectivity index (χ4n) is 5.09. The van der Waals surface area contributed by atoms with Gasteiger partial charge < -0.3 is 15.1 Å². The number of anilines is 1. The van der Waals surface area contributed by atoms with Gasteiger partial charge in [0.1, 0.15) is 5.71 Å². The Bertz CT molecular complexity index is 886. The molecule has 1 amide bonds. The van der Waals surface area contributed by atoms with Crippen LogP contribution in [0.5, 0.6) is 0 Å². The monoisotopic (exact) mass is 496 g/mol. The van der Waals surface area contributed by atoms with Crippen molar-refractivity contribution < 1.29 is 18.0 Å². The summed E-state index contributed by atoms with van der Waals surface area (Å²) >= 11 is 5.98. The lowest BCUT2D eigenvalue weighted by Crippen LogP contribution is -2.48. The van der Waals surface area contributed by atoms with Gasteiger partial charge in [0, 0.05) is 68.0 Å². The number of carbonyl (C=O) groups excluding carboxylic acids is 1. The SMILES string of the molecule is O=C(CCC1CCN(c2ccc(Cl)cc2)CC1)N1CCC(NC2C=CN=C(C(F)(F)F)C2)CC1. The highest BCUT2D eigenvalue weighted by atomic mass is 35.5. The maximum atomic E-state index is 12.9. The maximum Gasteiger partial charge on any atom is 0.429 e. The quantitative estimate of drug-likeness (QED) is 0.588. The summed E-state index contributed by atoms with van der Waals surface area (Å²) in [5.41, 5.74) is 0.458. The van der Waals surface area contributed by atoms with E-state index >= 15 is 0 Å². The highest BCUT2D eigenvalue weighted by Crippen LogP contribution is 2.28. The van der Waals surface area contributed by atoms with Crippen molar-refractivity contribution in [3.05, 3.63) is 41.6 Å². The Hall–Kier alpha value is -2.06. The fraction of sp³-hybridized carbons (Fsp3) is 0.600. The molecule has 3 aliphatic heterocycles. The van der Waals surface area contributed by atoms with Gasteiger partial charge in [-0.3, -0.25) is 9.79 Å². The maximum absolute atomic E-state index is 12.9. The second kappa shape index (κ2) is 11.1. The molecule has 3 aliphatic rings. The Balaban J connectivity index is 1.13. The number of hydrogen-bond acceptors (Lipinski definition) is 4. The van der Waals surface area contributed by atoms with Crippen molar-refractivity contribution in [2.45, 2.75) is 63.2 Å². The Morgan fingerprint density at radius 3 is 2.38 bits per heavy atom. The summed E-state index contributed by atoms with van der Waals surface area (Å²) in [4.78, 5) is 20.5. The molecular weight excluding hydrogens is 465 g/mol. The molecule has 4 rings (SSSR count). The van der Waals surface area contributed by atoms with Gasteiger partial charge in [-0.2, -0.15) is 13.2 Å². The number of halogens is 4. The molecule has 1 unspecified atom stereocenters. The number of carbonyl (C=O) groups is 1. The third-order valence-corrected chi connectivity index (χ3v) is 7.41. The molecule has 1 aromatic carbocycles. The van der Waals surface area contributed by atoms with E-state index in [4.69, 9.17) is 11.6 Å². The molecule has 2 saturated heterocycles. The number of benzene rings is 1. The summed E-state index contributed by atoms with van der Waals surface area (Å²) in [7, 11) is 0. The van der Waals surface area contributed by atoms with E-state index in [-0.39, 0.29) is 24.4 Å². The molecule has 0 aromatic heterocycles. The Morgan fingerprint density at radius 2 is 1.74 bits per heavy atom. The molecule has 1 atom stereocenters. The lowest BCUT2D eigenvalue weighted by Gasteiger charge is -2.36. The minimum absolute atomic E-state index is 0.114. The molecule has 0 radical (unpaired) electrons. The molecule has 0 saturated carbocycles. The van der Waals surface area contributed by atoms with E-state index in [1.165, 1.54) is 11.9 Å². The van der Waals surface area contributed by atoms with Crippen LogP contribution in [-0.2, 0) is 4.79 Å². The number of rotatable bonds is 6. The Kier molecular flexibility index (Phi) is 8.19. The van der Waals surface area contributed by atoms with Crippen molar-refractivity contribution in [3.8, 4) is 0 Å². The van der Waals surface area contributed by atoms with Gasteiger partial charge in [0.05, 0.1) is 0 Å². The molecule has 2 fully saturated rings. The topological polar surface area (TPSA) is 47.9 Å². The zero-order chi connectivity index (χ0) is 24.1. The van der Waals surface area contributed by atoms with Crippen molar-refractivity contribution in [2.75, 3.05) is 31.1 Å². The number of amides is 1. The zero-order valence-corrected chi connectivity index (χ0v) is 20.0. The first kappa shape index (κ1) is 25.0. The summed E-state index contributed by atoms with van der Waals surface area (Å²) in [6, 6.07) is 7.69.